The lowest BCUT2D eigenvalue weighted by Gasteiger charge is -2.25. The van der Waals surface area contributed by atoms with Crippen molar-refractivity contribution < 1.29 is 19.0 Å². The number of rotatable bonds is 8. The van der Waals surface area contributed by atoms with Crippen molar-refractivity contribution in [2.75, 3.05) is 13.7 Å². The Morgan fingerprint density at radius 1 is 1.38 bits per heavy atom. The molecule has 1 aromatic heterocycles. The minimum atomic E-state index is -0.272. The SMILES string of the molecule is COC(=O)c1ccc(CCCNC(C2=CC=CCC2)C2=COC=CO2)s1. The quantitative estimate of drug-likeness (QED) is 0.550. The predicted molar refractivity (Wildman–Crippen MR) is 102 cm³/mol. The Hall–Kier alpha value is -2.31. The fourth-order valence-corrected chi connectivity index (χ4v) is 3.88. The van der Waals surface area contributed by atoms with E-state index in [1.165, 1.54) is 35.2 Å². The van der Waals surface area contributed by atoms with Crippen molar-refractivity contribution in [3.63, 3.8) is 0 Å². The maximum absolute atomic E-state index is 11.5. The van der Waals surface area contributed by atoms with E-state index in [1.807, 2.05) is 12.1 Å². The zero-order chi connectivity index (χ0) is 18.2. The third-order valence-electron chi connectivity index (χ3n) is 4.22. The molecular weight excluding hydrogens is 350 g/mol. The van der Waals surface area contributed by atoms with Crippen molar-refractivity contribution in [1.82, 2.24) is 5.32 Å². The number of aryl methyl sites for hydroxylation is 1. The Morgan fingerprint density at radius 2 is 2.31 bits per heavy atom. The van der Waals surface area contributed by atoms with Crippen LogP contribution < -0.4 is 5.32 Å². The third kappa shape index (κ3) is 4.86. The van der Waals surface area contributed by atoms with Gasteiger partial charge < -0.3 is 19.5 Å². The summed E-state index contributed by atoms with van der Waals surface area (Å²) in [6.45, 7) is 0.835. The first kappa shape index (κ1) is 18.5. The van der Waals surface area contributed by atoms with Crippen LogP contribution >= 0.6 is 11.3 Å². The molecule has 2 aliphatic rings. The molecule has 138 valence electrons. The summed E-state index contributed by atoms with van der Waals surface area (Å²) in [5, 5.41) is 3.57. The van der Waals surface area contributed by atoms with Crippen LogP contribution in [0.5, 0.6) is 0 Å². The summed E-state index contributed by atoms with van der Waals surface area (Å²) in [4.78, 5) is 13.4. The molecule has 1 unspecified atom stereocenters. The van der Waals surface area contributed by atoms with E-state index in [1.54, 1.807) is 12.5 Å². The number of carbonyl (C=O) groups is 1. The fraction of sp³-hybridized carbons (Fsp3) is 0.350. The molecule has 0 amide bonds. The first-order valence-corrected chi connectivity index (χ1v) is 9.53. The number of carbonyl (C=O) groups excluding carboxylic acids is 1. The Balaban J connectivity index is 1.53. The molecule has 1 aliphatic carbocycles. The predicted octanol–water partition coefficient (Wildman–Crippen LogP) is 4.06. The highest BCUT2D eigenvalue weighted by molar-refractivity contribution is 7.13. The number of esters is 1. The van der Waals surface area contributed by atoms with E-state index in [0.29, 0.717) is 4.88 Å². The lowest BCUT2D eigenvalue weighted by Crippen LogP contribution is -2.35. The van der Waals surface area contributed by atoms with Crippen molar-refractivity contribution in [3.8, 4) is 0 Å². The van der Waals surface area contributed by atoms with Gasteiger partial charge in [0, 0.05) is 4.88 Å². The molecule has 0 spiro atoms. The number of nitrogens with one attached hydrogen (secondary N) is 1. The standard InChI is InChI=1S/C20H23NO4S/c1-23-20(22)18-10-9-16(26-18)8-5-11-21-19(15-6-3-2-4-7-15)17-14-24-12-13-25-17/h2-3,6,9-10,12-14,19,21H,4-5,7-8,11H2,1H3. The molecule has 0 fully saturated rings. The second-order valence-electron chi connectivity index (χ2n) is 6.00. The van der Waals surface area contributed by atoms with Crippen LogP contribution in [-0.2, 0) is 20.6 Å². The number of thiophene rings is 1. The van der Waals surface area contributed by atoms with Gasteiger partial charge in [0.2, 0.25) is 0 Å². The molecule has 1 aliphatic heterocycles. The number of ether oxygens (including phenoxy) is 3. The summed E-state index contributed by atoms with van der Waals surface area (Å²) in [6.07, 6.45) is 15.1. The first-order chi connectivity index (χ1) is 12.8. The summed E-state index contributed by atoms with van der Waals surface area (Å²) in [7, 11) is 1.40. The van der Waals surface area contributed by atoms with Gasteiger partial charge in [0.05, 0.1) is 13.2 Å². The Labute approximate surface area is 157 Å². The first-order valence-electron chi connectivity index (χ1n) is 8.71. The Kier molecular flexibility index (Phi) is 6.68. The van der Waals surface area contributed by atoms with Gasteiger partial charge in [0.1, 0.15) is 23.7 Å². The van der Waals surface area contributed by atoms with Gasteiger partial charge in [0.15, 0.2) is 5.76 Å². The summed E-state index contributed by atoms with van der Waals surface area (Å²) < 4.78 is 15.7. The average Bonchev–Trinajstić information content (AvgIpc) is 3.18. The van der Waals surface area contributed by atoms with Crippen molar-refractivity contribution in [2.24, 2.45) is 0 Å². The molecule has 0 bridgehead atoms. The van der Waals surface area contributed by atoms with E-state index in [9.17, 15) is 4.79 Å². The van der Waals surface area contributed by atoms with Crippen LogP contribution in [0.25, 0.3) is 0 Å². The molecule has 0 aromatic carbocycles. The highest BCUT2D eigenvalue weighted by Crippen LogP contribution is 2.24. The second kappa shape index (κ2) is 9.40. The van der Waals surface area contributed by atoms with Crippen LogP contribution in [0.2, 0.25) is 0 Å². The van der Waals surface area contributed by atoms with Crippen molar-refractivity contribution in [3.05, 3.63) is 70.2 Å². The second-order valence-corrected chi connectivity index (χ2v) is 7.17. The smallest absolute Gasteiger partial charge is 0.348 e. The molecular formula is C20H23NO4S. The monoisotopic (exact) mass is 373 g/mol. The molecule has 1 atom stereocenters. The van der Waals surface area contributed by atoms with Crippen molar-refractivity contribution >= 4 is 17.3 Å². The Morgan fingerprint density at radius 3 is 3.04 bits per heavy atom. The molecule has 3 rings (SSSR count). The lowest BCUT2D eigenvalue weighted by molar-refractivity contribution is 0.0606. The van der Waals surface area contributed by atoms with Gasteiger partial charge in [-0.25, -0.2) is 4.79 Å². The van der Waals surface area contributed by atoms with Gasteiger partial charge in [-0.3, -0.25) is 0 Å². The van der Waals surface area contributed by atoms with Crippen molar-refractivity contribution in [1.29, 1.82) is 0 Å². The molecule has 2 heterocycles. The molecule has 0 saturated heterocycles. The number of hydrogen-bond donors (Lipinski definition) is 1. The van der Waals surface area contributed by atoms with Crippen LogP contribution in [0.4, 0.5) is 0 Å². The van der Waals surface area contributed by atoms with E-state index in [-0.39, 0.29) is 12.0 Å². The van der Waals surface area contributed by atoms with E-state index in [2.05, 4.69) is 23.5 Å². The van der Waals surface area contributed by atoms with Gasteiger partial charge in [-0.2, -0.15) is 0 Å². The molecule has 26 heavy (non-hydrogen) atoms. The van der Waals surface area contributed by atoms with Gasteiger partial charge >= 0.3 is 5.97 Å². The molecule has 0 radical (unpaired) electrons. The molecule has 0 saturated carbocycles. The normalized spacial score (nSPS) is 17.0. The highest BCUT2D eigenvalue weighted by atomic mass is 32.1. The van der Waals surface area contributed by atoms with E-state index in [0.717, 1.165) is 38.0 Å². The summed E-state index contributed by atoms with van der Waals surface area (Å²) >= 11 is 1.49. The highest BCUT2D eigenvalue weighted by Gasteiger charge is 2.22. The van der Waals surface area contributed by atoms with Gasteiger partial charge in [-0.1, -0.05) is 18.2 Å². The lowest BCUT2D eigenvalue weighted by atomic mass is 9.96. The zero-order valence-corrected chi connectivity index (χ0v) is 15.6. The van der Waals surface area contributed by atoms with Crippen LogP contribution in [0, 0.1) is 0 Å². The average molecular weight is 373 g/mol. The maximum Gasteiger partial charge on any atom is 0.348 e. The fourth-order valence-electron chi connectivity index (χ4n) is 2.92. The van der Waals surface area contributed by atoms with E-state index >= 15 is 0 Å². The number of hydrogen-bond acceptors (Lipinski definition) is 6. The maximum atomic E-state index is 11.5. The van der Waals surface area contributed by atoms with Crippen LogP contribution in [0.1, 0.15) is 33.8 Å². The van der Waals surface area contributed by atoms with Crippen LogP contribution in [0.3, 0.4) is 0 Å². The zero-order valence-electron chi connectivity index (χ0n) is 14.8. The van der Waals surface area contributed by atoms with Gasteiger partial charge in [-0.05, 0) is 49.9 Å². The Bertz CT molecular complexity index is 745. The minimum absolute atomic E-state index is 0.0128. The van der Waals surface area contributed by atoms with Gasteiger partial charge in [-0.15, -0.1) is 11.3 Å². The molecule has 1 N–H and O–H groups in total. The number of methoxy groups -OCH3 is 1. The van der Waals surface area contributed by atoms with Gasteiger partial charge in [0.25, 0.3) is 0 Å². The summed E-state index contributed by atoms with van der Waals surface area (Å²) in [5.41, 5.74) is 1.29. The summed E-state index contributed by atoms with van der Waals surface area (Å²) in [6, 6.07) is 3.83. The van der Waals surface area contributed by atoms with E-state index in [4.69, 9.17) is 14.2 Å². The van der Waals surface area contributed by atoms with Crippen LogP contribution in [-0.4, -0.2) is 25.7 Å². The molecule has 5 nitrogen and oxygen atoms in total. The summed E-state index contributed by atoms with van der Waals surface area (Å²) in [5.74, 6) is 0.504. The minimum Gasteiger partial charge on any atom is -0.466 e. The third-order valence-corrected chi connectivity index (χ3v) is 5.35. The van der Waals surface area contributed by atoms with Crippen LogP contribution in [0.15, 0.2) is 60.5 Å². The molecule has 1 aromatic rings. The molecule has 6 heteroatoms. The number of allylic oxidation sites excluding steroid dienone is 3. The topological polar surface area (TPSA) is 56.8 Å². The van der Waals surface area contributed by atoms with E-state index < -0.39 is 0 Å². The largest absolute Gasteiger partial charge is 0.466 e. The van der Waals surface area contributed by atoms with Crippen molar-refractivity contribution in [2.45, 2.75) is 31.7 Å².